The summed E-state index contributed by atoms with van der Waals surface area (Å²) in [5.41, 5.74) is 7.67. The molecular weight excluding hydrogens is 360 g/mol. The molecule has 5 rings (SSSR count). The molecular formula is C30H34. The first kappa shape index (κ1) is 19.6. The van der Waals surface area contributed by atoms with Crippen molar-refractivity contribution in [3.63, 3.8) is 0 Å². The van der Waals surface area contributed by atoms with Crippen LogP contribution in [0.5, 0.6) is 0 Å². The molecule has 0 amide bonds. The second kappa shape index (κ2) is 5.67. The molecule has 0 atom stereocenters. The lowest BCUT2D eigenvalue weighted by Crippen LogP contribution is -2.19. The summed E-state index contributed by atoms with van der Waals surface area (Å²) >= 11 is 0. The summed E-state index contributed by atoms with van der Waals surface area (Å²) in [6.07, 6.45) is 0. The van der Waals surface area contributed by atoms with Crippen LogP contribution in [0.25, 0.3) is 43.4 Å². The van der Waals surface area contributed by atoms with Gasteiger partial charge in [0.15, 0.2) is 0 Å². The van der Waals surface area contributed by atoms with E-state index in [9.17, 15) is 0 Å². The largest absolute Gasteiger partial charge is 0.0572 e. The Kier molecular flexibility index (Phi) is 3.70. The van der Waals surface area contributed by atoms with Crippen LogP contribution >= 0.6 is 0 Å². The Balaban J connectivity index is 2.14. The zero-order valence-corrected chi connectivity index (χ0v) is 20.0. The molecule has 0 nitrogen and oxygen atoms in total. The average Bonchev–Trinajstić information content (AvgIpc) is 2.97. The van der Waals surface area contributed by atoms with Gasteiger partial charge in [0.25, 0.3) is 0 Å². The van der Waals surface area contributed by atoms with Gasteiger partial charge in [0.05, 0.1) is 0 Å². The molecule has 0 fully saturated rings. The predicted molar refractivity (Wildman–Crippen MR) is 134 cm³/mol. The lowest BCUT2D eigenvalue weighted by molar-refractivity contribution is 0.572. The molecule has 4 aromatic carbocycles. The van der Waals surface area contributed by atoms with E-state index in [1.54, 1.807) is 0 Å². The fourth-order valence-corrected chi connectivity index (χ4v) is 5.50. The highest BCUT2D eigenvalue weighted by Gasteiger charge is 2.34. The van der Waals surface area contributed by atoms with E-state index < -0.39 is 0 Å². The van der Waals surface area contributed by atoms with Crippen molar-refractivity contribution in [1.82, 2.24) is 0 Å². The van der Waals surface area contributed by atoms with Gasteiger partial charge < -0.3 is 0 Å². The monoisotopic (exact) mass is 394 g/mol. The number of hydrogen-bond donors (Lipinski definition) is 0. The van der Waals surface area contributed by atoms with Crippen LogP contribution < -0.4 is 0 Å². The van der Waals surface area contributed by atoms with Gasteiger partial charge in [-0.2, -0.15) is 0 Å². The molecule has 154 valence electrons. The Morgan fingerprint density at radius 2 is 0.900 bits per heavy atom. The Bertz CT molecular complexity index is 1360. The van der Waals surface area contributed by atoms with Crippen molar-refractivity contribution < 1.29 is 0 Å². The normalized spacial score (nSPS) is 14.2. The standard InChI is InChI=1S/C30H34/c1-28(2,3)20-15-13-18-11-10-17-12-14-19-21(29(4,5)6)16-22(30(7,8)9)27-25(19)23(17)24(18)26(20)27/h10-16H,1-9H3. The van der Waals surface area contributed by atoms with E-state index in [2.05, 4.69) is 105 Å². The van der Waals surface area contributed by atoms with Crippen LogP contribution in [-0.4, -0.2) is 0 Å². The van der Waals surface area contributed by atoms with Crippen molar-refractivity contribution in [1.29, 1.82) is 0 Å². The first-order chi connectivity index (χ1) is 13.8. The Morgan fingerprint density at radius 3 is 1.47 bits per heavy atom. The molecule has 0 aromatic heterocycles. The quantitative estimate of drug-likeness (QED) is 0.230. The van der Waals surface area contributed by atoms with Gasteiger partial charge in [-0.1, -0.05) is 105 Å². The zero-order chi connectivity index (χ0) is 21.8. The van der Waals surface area contributed by atoms with E-state index in [-0.39, 0.29) is 16.2 Å². The lowest BCUT2D eigenvalue weighted by atomic mass is 9.73. The van der Waals surface area contributed by atoms with Crippen LogP contribution in [0.2, 0.25) is 0 Å². The number of fused-ring (bicyclic) bond motifs is 1. The fraction of sp³-hybridized carbons (Fsp3) is 0.400. The summed E-state index contributed by atoms with van der Waals surface area (Å²) < 4.78 is 0. The maximum Gasteiger partial charge on any atom is -0.00140 e. The molecule has 1 aliphatic carbocycles. The average molecular weight is 395 g/mol. The van der Waals surface area contributed by atoms with E-state index in [1.165, 1.54) is 60.1 Å². The topological polar surface area (TPSA) is 0 Å². The minimum Gasteiger partial charge on any atom is -0.0572 e. The molecule has 0 unspecified atom stereocenters. The summed E-state index contributed by atoms with van der Waals surface area (Å²) in [5.74, 6) is 0. The Morgan fingerprint density at radius 1 is 0.433 bits per heavy atom. The molecule has 0 heterocycles. The SMILES string of the molecule is CC(C)(C)c1ccc2ccc3ccc4c(C(C)(C)C)cc(C(C)(C)C)c5c4c3c2c1-5. The molecule has 30 heavy (non-hydrogen) atoms. The smallest absolute Gasteiger partial charge is 0.00140 e. The van der Waals surface area contributed by atoms with Crippen LogP contribution in [-0.2, 0) is 16.2 Å². The van der Waals surface area contributed by atoms with E-state index in [1.807, 2.05) is 0 Å². The molecule has 1 aliphatic rings. The van der Waals surface area contributed by atoms with Crippen LogP contribution in [0, 0.1) is 0 Å². The summed E-state index contributed by atoms with van der Waals surface area (Å²) in [6.45, 7) is 21.2. The molecule has 0 saturated heterocycles. The summed E-state index contributed by atoms with van der Waals surface area (Å²) in [5, 5.41) is 8.59. The molecule has 0 N–H and O–H groups in total. The lowest BCUT2D eigenvalue weighted by Gasteiger charge is -2.31. The van der Waals surface area contributed by atoms with Crippen LogP contribution in [0.1, 0.15) is 79.0 Å². The van der Waals surface area contributed by atoms with E-state index in [4.69, 9.17) is 0 Å². The van der Waals surface area contributed by atoms with Gasteiger partial charge >= 0.3 is 0 Å². The predicted octanol–water partition coefficient (Wildman–Crippen LogP) is 9.02. The Labute approximate surface area is 181 Å². The summed E-state index contributed by atoms with van der Waals surface area (Å²) in [4.78, 5) is 0. The Hall–Kier alpha value is -2.34. The molecule has 4 aromatic rings. The molecule has 0 spiro atoms. The van der Waals surface area contributed by atoms with Crippen LogP contribution in [0.3, 0.4) is 0 Å². The van der Waals surface area contributed by atoms with Gasteiger partial charge in [-0.15, -0.1) is 0 Å². The third-order valence-corrected chi connectivity index (χ3v) is 6.94. The van der Waals surface area contributed by atoms with Crippen LogP contribution in [0.15, 0.2) is 42.5 Å². The van der Waals surface area contributed by atoms with Gasteiger partial charge in [-0.05, 0) is 76.4 Å². The maximum absolute atomic E-state index is 2.53. The van der Waals surface area contributed by atoms with Crippen molar-refractivity contribution >= 4 is 32.3 Å². The van der Waals surface area contributed by atoms with E-state index in [0.717, 1.165) is 0 Å². The van der Waals surface area contributed by atoms with Gasteiger partial charge in [-0.3, -0.25) is 0 Å². The van der Waals surface area contributed by atoms with Crippen molar-refractivity contribution in [2.75, 3.05) is 0 Å². The minimum absolute atomic E-state index is 0.0745. The molecule has 0 radical (unpaired) electrons. The maximum atomic E-state index is 2.53. The molecule has 0 saturated carbocycles. The third kappa shape index (κ3) is 2.52. The zero-order valence-electron chi connectivity index (χ0n) is 20.0. The van der Waals surface area contributed by atoms with Crippen molar-refractivity contribution in [3.8, 4) is 11.1 Å². The van der Waals surface area contributed by atoms with Crippen molar-refractivity contribution in [2.45, 2.75) is 78.6 Å². The van der Waals surface area contributed by atoms with E-state index >= 15 is 0 Å². The summed E-state index contributed by atoms with van der Waals surface area (Å²) in [7, 11) is 0. The first-order valence-corrected chi connectivity index (χ1v) is 11.3. The highest BCUT2D eigenvalue weighted by atomic mass is 14.4. The van der Waals surface area contributed by atoms with Gasteiger partial charge in [0, 0.05) is 0 Å². The first-order valence-electron chi connectivity index (χ1n) is 11.3. The molecule has 0 heteroatoms. The minimum atomic E-state index is 0.0745. The highest BCUT2D eigenvalue weighted by Crippen LogP contribution is 2.55. The second-order valence-electron chi connectivity index (χ2n) is 12.3. The highest BCUT2D eigenvalue weighted by molar-refractivity contribution is 6.34. The summed E-state index contributed by atoms with van der Waals surface area (Å²) in [6, 6.07) is 16.6. The van der Waals surface area contributed by atoms with Gasteiger partial charge in [0.1, 0.15) is 0 Å². The molecule has 0 bridgehead atoms. The number of hydrogen-bond acceptors (Lipinski definition) is 0. The molecule has 0 aliphatic heterocycles. The van der Waals surface area contributed by atoms with Crippen molar-refractivity contribution in [3.05, 3.63) is 59.2 Å². The number of rotatable bonds is 0. The third-order valence-electron chi connectivity index (χ3n) is 6.94. The fourth-order valence-electron chi connectivity index (χ4n) is 5.50. The van der Waals surface area contributed by atoms with Gasteiger partial charge in [-0.25, -0.2) is 0 Å². The van der Waals surface area contributed by atoms with Gasteiger partial charge in [0.2, 0.25) is 0 Å². The van der Waals surface area contributed by atoms with Crippen LogP contribution in [0.4, 0.5) is 0 Å². The number of benzene rings is 4. The van der Waals surface area contributed by atoms with E-state index in [0.29, 0.717) is 0 Å². The van der Waals surface area contributed by atoms with Crippen molar-refractivity contribution in [2.24, 2.45) is 0 Å². The second-order valence-corrected chi connectivity index (χ2v) is 12.3.